The highest BCUT2D eigenvalue weighted by molar-refractivity contribution is 6.12. The van der Waals surface area contributed by atoms with Crippen molar-refractivity contribution in [2.45, 2.75) is 12.8 Å². The molecule has 1 aromatic heterocycles. The zero-order chi connectivity index (χ0) is 14.2. The van der Waals surface area contributed by atoms with Crippen LogP contribution in [0.1, 0.15) is 12.8 Å². The molecule has 1 amide bonds. The van der Waals surface area contributed by atoms with Crippen molar-refractivity contribution in [3.8, 4) is 0 Å². The Kier molecular flexibility index (Phi) is 2.73. The van der Waals surface area contributed by atoms with Gasteiger partial charge in [-0.05, 0) is 46.7 Å². The first-order valence-electron chi connectivity index (χ1n) is 6.96. The van der Waals surface area contributed by atoms with Crippen molar-refractivity contribution in [2.24, 2.45) is 5.92 Å². The summed E-state index contributed by atoms with van der Waals surface area (Å²) in [6, 6.07) is 9.74. The first-order chi connectivity index (χ1) is 10.4. The number of aromatic nitrogens is 4. The van der Waals surface area contributed by atoms with Crippen molar-refractivity contribution in [3.63, 3.8) is 0 Å². The van der Waals surface area contributed by atoms with Crippen LogP contribution in [0.4, 0.5) is 5.69 Å². The quantitative estimate of drug-likeness (QED) is 0.539. The zero-order valence-corrected chi connectivity index (χ0v) is 11.3. The molecule has 1 aliphatic carbocycles. The largest absolute Gasteiger partial charge is 0.314 e. The number of nitrogens with zero attached hydrogens (tertiary/aromatic N) is 5. The Morgan fingerprint density at radius 1 is 1.14 bits per heavy atom. The molecule has 2 aromatic carbocycles. The van der Waals surface area contributed by atoms with E-state index < -0.39 is 0 Å². The van der Waals surface area contributed by atoms with Crippen molar-refractivity contribution in [2.75, 3.05) is 11.4 Å². The molecule has 0 radical (unpaired) electrons. The molecule has 0 unspecified atom stereocenters. The lowest BCUT2D eigenvalue weighted by atomic mass is 10.1. The van der Waals surface area contributed by atoms with Gasteiger partial charge in [-0.25, -0.2) is 0 Å². The highest BCUT2D eigenvalue weighted by Crippen LogP contribution is 2.35. The Morgan fingerprint density at radius 3 is 2.81 bits per heavy atom. The van der Waals surface area contributed by atoms with E-state index in [0.29, 0.717) is 17.0 Å². The summed E-state index contributed by atoms with van der Waals surface area (Å²) in [7, 11) is 0. The topological polar surface area (TPSA) is 71.9 Å². The van der Waals surface area contributed by atoms with E-state index in [1.54, 1.807) is 4.90 Å². The molecule has 0 N–H and O–H groups in total. The average Bonchev–Trinajstić information content (AvgIpc) is 3.36. The van der Waals surface area contributed by atoms with Crippen LogP contribution in [-0.2, 0) is 4.79 Å². The second-order valence-electron chi connectivity index (χ2n) is 5.39. The molecule has 1 saturated carbocycles. The SMILES string of the molecule is O=CN(CC1CC1)c1cccc2ccc3nnnnc3c12. The average molecular weight is 279 g/mol. The number of anilines is 1. The van der Waals surface area contributed by atoms with Crippen LogP contribution in [0.5, 0.6) is 0 Å². The van der Waals surface area contributed by atoms with E-state index >= 15 is 0 Å². The summed E-state index contributed by atoms with van der Waals surface area (Å²) in [5.74, 6) is 0.617. The Labute approximate surface area is 120 Å². The summed E-state index contributed by atoms with van der Waals surface area (Å²) in [6.07, 6.45) is 3.29. The number of hydrogen-bond acceptors (Lipinski definition) is 5. The third-order valence-corrected chi connectivity index (χ3v) is 3.90. The predicted octanol–water partition coefficient (Wildman–Crippen LogP) is 1.95. The van der Waals surface area contributed by atoms with E-state index in [1.165, 1.54) is 12.8 Å². The minimum absolute atomic E-state index is 0.617. The third kappa shape index (κ3) is 2.08. The lowest BCUT2D eigenvalue weighted by molar-refractivity contribution is -0.107. The maximum atomic E-state index is 11.5. The molecule has 0 atom stereocenters. The van der Waals surface area contributed by atoms with Gasteiger partial charge in [-0.1, -0.05) is 18.2 Å². The van der Waals surface area contributed by atoms with Crippen LogP contribution >= 0.6 is 0 Å². The van der Waals surface area contributed by atoms with Crippen molar-refractivity contribution in [1.29, 1.82) is 0 Å². The Balaban J connectivity index is 1.98. The Morgan fingerprint density at radius 2 is 2.00 bits per heavy atom. The van der Waals surface area contributed by atoms with Crippen molar-refractivity contribution < 1.29 is 4.79 Å². The highest BCUT2D eigenvalue weighted by Gasteiger charge is 2.25. The molecule has 0 spiro atoms. The molecule has 1 heterocycles. The molecule has 0 aliphatic heterocycles. The number of carbonyl (C=O) groups excluding carboxylic acids is 1. The second-order valence-corrected chi connectivity index (χ2v) is 5.39. The van der Waals surface area contributed by atoms with Gasteiger partial charge in [0.1, 0.15) is 11.0 Å². The van der Waals surface area contributed by atoms with Gasteiger partial charge in [0.15, 0.2) is 0 Å². The smallest absolute Gasteiger partial charge is 0.214 e. The zero-order valence-electron chi connectivity index (χ0n) is 11.3. The fourth-order valence-corrected chi connectivity index (χ4v) is 2.66. The van der Waals surface area contributed by atoms with Gasteiger partial charge in [-0.15, -0.1) is 10.2 Å². The summed E-state index contributed by atoms with van der Waals surface area (Å²) in [5.41, 5.74) is 2.23. The van der Waals surface area contributed by atoms with Crippen LogP contribution < -0.4 is 4.90 Å². The lowest BCUT2D eigenvalue weighted by Crippen LogP contribution is -2.23. The van der Waals surface area contributed by atoms with Crippen LogP contribution in [0, 0.1) is 5.92 Å². The first kappa shape index (κ1) is 12.1. The molecule has 21 heavy (non-hydrogen) atoms. The van der Waals surface area contributed by atoms with Crippen LogP contribution in [0.25, 0.3) is 21.8 Å². The summed E-state index contributed by atoms with van der Waals surface area (Å²) in [6.45, 7) is 0.755. The number of rotatable bonds is 4. The minimum atomic E-state index is 0.617. The van der Waals surface area contributed by atoms with E-state index in [-0.39, 0.29) is 0 Å². The fourth-order valence-electron chi connectivity index (χ4n) is 2.66. The van der Waals surface area contributed by atoms with Crippen LogP contribution in [0.3, 0.4) is 0 Å². The van der Waals surface area contributed by atoms with E-state index in [9.17, 15) is 4.79 Å². The molecule has 6 heteroatoms. The van der Waals surface area contributed by atoms with Crippen LogP contribution in [0.2, 0.25) is 0 Å². The number of carbonyl (C=O) groups is 1. The first-order valence-corrected chi connectivity index (χ1v) is 6.96. The van der Waals surface area contributed by atoms with E-state index in [1.807, 2.05) is 30.3 Å². The number of fused-ring (bicyclic) bond motifs is 3. The van der Waals surface area contributed by atoms with Crippen molar-refractivity contribution in [1.82, 2.24) is 20.6 Å². The Bertz CT molecular complexity index is 831. The van der Waals surface area contributed by atoms with Gasteiger partial charge >= 0.3 is 0 Å². The monoisotopic (exact) mass is 279 g/mol. The fraction of sp³-hybridized carbons (Fsp3) is 0.267. The van der Waals surface area contributed by atoms with Gasteiger partial charge in [0, 0.05) is 11.9 Å². The molecule has 1 fully saturated rings. The lowest BCUT2D eigenvalue weighted by Gasteiger charge is -2.19. The van der Waals surface area contributed by atoms with Gasteiger partial charge < -0.3 is 4.90 Å². The highest BCUT2D eigenvalue weighted by atomic mass is 16.1. The number of benzene rings is 2. The van der Waals surface area contributed by atoms with Crippen molar-refractivity contribution in [3.05, 3.63) is 30.3 Å². The van der Waals surface area contributed by atoms with E-state index in [4.69, 9.17) is 0 Å². The Hall–Kier alpha value is -2.63. The number of hydrogen-bond donors (Lipinski definition) is 0. The minimum Gasteiger partial charge on any atom is -0.314 e. The van der Waals surface area contributed by atoms with E-state index in [0.717, 1.165) is 29.4 Å². The maximum absolute atomic E-state index is 11.5. The van der Waals surface area contributed by atoms with Crippen LogP contribution in [-0.4, -0.2) is 33.6 Å². The van der Waals surface area contributed by atoms with Gasteiger partial charge in [0.05, 0.1) is 5.69 Å². The molecule has 3 aromatic rings. The van der Waals surface area contributed by atoms with Gasteiger partial charge in [-0.3, -0.25) is 4.79 Å². The molecule has 1 aliphatic rings. The summed E-state index contributed by atoms with van der Waals surface area (Å²) in [5, 5.41) is 17.3. The molecular weight excluding hydrogens is 266 g/mol. The number of amides is 1. The maximum Gasteiger partial charge on any atom is 0.214 e. The summed E-state index contributed by atoms with van der Waals surface area (Å²) in [4.78, 5) is 13.3. The van der Waals surface area contributed by atoms with Gasteiger partial charge in [-0.2, -0.15) is 0 Å². The molecule has 0 saturated heterocycles. The third-order valence-electron chi connectivity index (χ3n) is 3.90. The summed E-state index contributed by atoms with van der Waals surface area (Å²) >= 11 is 0. The van der Waals surface area contributed by atoms with Gasteiger partial charge in [0.2, 0.25) is 6.41 Å². The van der Waals surface area contributed by atoms with Crippen molar-refractivity contribution >= 4 is 33.9 Å². The molecule has 0 bridgehead atoms. The standard InChI is InChI=1S/C15H13N5O/c21-9-20(8-10-4-5-10)13-3-1-2-11-6-7-12-15(14(11)13)17-19-18-16-12/h1-3,6-7,9-10H,4-5,8H2. The van der Waals surface area contributed by atoms with E-state index in [2.05, 4.69) is 20.6 Å². The predicted molar refractivity (Wildman–Crippen MR) is 78.8 cm³/mol. The molecule has 104 valence electrons. The molecular formula is C15H13N5O. The van der Waals surface area contributed by atoms with Gasteiger partial charge in [0.25, 0.3) is 0 Å². The second kappa shape index (κ2) is 4.73. The summed E-state index contributed by atoms with van der Waals surface area (Å²) < 4.78 is 0. The molecule has 6 nitrogen and oxygen atoms in total. The molecule has 4 rings (SSSR count). The normalized spacial score (nSPS) is 14.5. The van der Waals surface area contributed by atoms with Crippen LogP contribution in [0.15, 0.2) is 30.3 Å².